The molecule has 0 unspecified atom stereocenters. The number of nitrogens with one attached hydrogen (secondary N) is 3. The van der Waals surface area contributed by atoms with E-state index in [0.717, 1.165) is 12.0 Å². The lowest BCUT2D eigenvalue weighted by molar-refractivity contribution is -0.137. The normalized spacial score (nSPS) is 21.1. The van der Waals surface area contributed by atoms with Crippen molar-refractivity contribution in [2.24, 2.45) is 5.92 Å². The topological polar surface area (TPSA) is 82.7 Å². The summed E-state index contributed by atoms with van der Waals surface area (Å²) in [6.45, 7) is 9.06. The Morgan fingerprint density at radius 2 is 1.91 bits per heavy atom. The minimum Gasteiger partial charge on any atom is -0.378 e. The Hall–Kier alpha value is -2.88. The highest BCUT2D eigenvalue weighted by Gasteiger charge is 2.37. The number of benzene rings is 1. The summed E-state index contributed by atoms with van der Waals surface area (Å²) in [4.78, 5) is 27.4. The summed E-state index contributed by atoms with van der Waals surface area (Å²) >= 11 is 0. The number of carbonyl (C=O) groups is 2. The van der Waals surface area contributed by atoms with Gasteiger partial charge in [0.15, 0.2) is 0 Å². The third-order valence-electron chi connectivity index (χ3n) is 6.09. The number of halogens is 2. The van der Waals surface area contributed by atoms with Gasteiger partial charge in [-0.15, -0.1) is 0 Å². The lowest BCUT2D eigenvalue weighted by Gasteiger charge is -2.31. The highest BCUT2D eigenvalue weighted by Crippen LogP contribution is 2.37. The Labute approximate surface area is 205 Å². The van der Waals surface area contributed by atoms with E-state index in [9.17, 15) is 18.4 Å². The second kappa shape index (κ2) is 13.3. The summed E-state index contributed by atoms with van der Waals surface area (Å²) in [5.41, 5.74) is 1.18. The molecule has 190 valence electrons. The highest BCUT2D eigenvalue weighted by atomic mass is 19.1. The molecule has 0 bridgehead atoms. The Bertz CT molecular complexity index is 942. The lowest BCUT2D eigenvalue weighted by atomic mass is 10.1. The molecule has 2 fully saturated rings. The molecule has 3 rings (SSSR count). The number of amides is 2. The number of ether oxygens (including phenoxy) is 1. The number of allylic oxidation sites excluding steroid dienone is 4. The van der Waals surface area contributed by atoms with Gasteiger partial charge in [-0.25, -0.2) is 8.78 Å². The quantitative estimate of drug-likeness (QED) is 0.311. The number of carbonyl (C=O) groups excluding carboxylic acids is 2. The molecule has 1 aliphatic carbocycles. The van der Waals surface area contributed by atoms with Crippen LogP contribution in [0.1, 0.15) is 23.7 Å². The molecule has 1 saturated carbocycles. The van der Waals surface area contributed by atoms with Gasteiger partial charge in [0.25, 0.3) is 5.91 Å². The SMILES string of the molecule is C=C(/C=C\C(F)=C/C)[C@@H]1C[C@H]1NCCNC[C@H](NC(=O)c1ccc(F)cc1)C(=O)N1CCOCC1. The second-order valence-electron chi connectivity index (χ2n) is 8.66. The predicted octanol–water partition coefficient (Wildman–Crippen LogP) is 2.34. The first-order chi connectivity index (χ1) is 16.9. The van der Waals surface area contributed by atoms with Gasteiger partial charge in [0.05, 0.1) is 13.2 Å². The monoisotopic (exact) mass is 488 g/mol. The zero-order valence-corrected chi connectivity index (χ0v) is 20.1. The fourth-order valence-corrected chi connectivity index (χ4v) is 3.88. The third kappa shape index (κ3) is 8.38. The maximum absolute atomic E-state index is 13.2. The number of morpholine rings is 1. The predicted molar refractivity (Wildman–Crippen MR) is 131 cm³/mol. The Balaban J connectivity index is 1.45. The molecule has 1 aliphatic heterocycles. The zero-order chi connectivity index (χ0) is 25.2. The molecule has 1 heterocycles. The number of hydrogen-bond donors (Lipinski definition) is 3. The molecule has 0 radical (unpaired) electrons. The summed E-state index contributed by atoms with van der Waals surface area (Å²) in [5.74, 6) is -1.03. The minimum absolute atomic E-state index is 0.178. The molecule has 2 aliphatic rings. The standard InChI is InChI=1S/C26H34F2N4O3/c1-3-20(27)7-4-18(2)22-16-23(22)30-11-10-29-17-24(26(34)32-12-14-35-15-13-32)31-25(33)19-5-8-21(28)9-6-19/h3-9,22-24,29-30H,2,10-17H2,1H3,(H,31,33)/b7-4-,20-3+/t22-,23+,24-/m0/s1. The van der Waals surface area contributed by atoms with E-state index in [0.29, 0.717) is 51.4 Å². The van der Waals surface area contributed by atoms with E-state index in [1.807, 2.05) is 0 Å². The van der Waals surface area contributed by atoms with Crippen molar-refractivity contribution < 1.29 is 23.1 Å². The van der Waals surface area contributed by atoms with E-state index in [4.69, 9.17) is 4.74 Å². The summed E-state index contributed by atoms with van der Waals surface area (Å²) < 4.78 is 31.7. The van der Waals surface area contributed by atoms with E-state index in [1.165, 1.54) is 36.4 Å². The van der Waals surface area contributed by atoms with Gasteiger partial charge in [0.1, 0.15) is 17.7 Å². The van der Waals surface area contributed by atoms with Crippen molar-refractivity contribution >= 4 is 11.8 Å². The molecule has 35 heavy (non-hydrogen) atoms. The largest absolute Gasteiger partial charge is 0.378 e. The van der Waals surface area contributed by atoms with Gasteiger partial charge in [-0.3, -0.25) is 9.59 Å². The molecule has 2 amide bonds. The summed E-state index contributed by atoms with van der Waals surface area (Å²) in [6.07, 6.45) is 5.49. The zero-order valence-electron chi connectivity index (χ0n) is 20.1. The average molecular weight is 489 g/mol. The smallest absolute Gasteiger partial charge is 0.251 e. The van der Waals surface area contributed by atoms with Crippen LogP contribution in [0.25, 0.3) is 0 Å². The van der Waals surface area contributed by atoms with Gasteiger partial charge in [0, 0.05) is 50.2 Å². The van der Waals surface area contributed by atoms with E-state index in [-0.39, 0.29) is 23.8 Å². The molecule has 9 heteroatoms. The molecule has 7 nitrogen and oxygen atoms in total. The summed E-state index contributed by atoms with van der Waals surface area (Å²) in [5, 5.41) is 9.45. The first-order valence-corrected chi connectivity index (χ1v) is 11.9. The second-order valence-corrected chi connectivity index (χ2v) is 8.66. The van der Waals surface area contributed by atoms with Crippen molar-refractivity contribution in [1.82, 2.24) is 20.9 Å². The van der Waals surface area contributed by atoms with E-state index in [2.05, 4.69) is 22.5 Å². The summed E-state index contributed by atoms with van der Waals surface area (Å²) in [7, 11) is 0. The van der Waals surface area contributed by atoms with Crippen LogP contribution in [0, 0.1) is 11.7 Å². The van der Waals surface area contributed by atoms with E-state index < -0.39 is 17.8 Å². The first kappa shape index (κ1) is 26.7. The number of nitrogens with zero attached hydrogens (tertiary/aromatic N) is 1. The molecule has 3 atom stereocenters. The molecular formula is C26H34F2N4O3. The van der Waals surface area contributed by atoms with Crippen molar-refractivity contribution in [1.29, 1.82) is 0 Å². The van der Waals surface area contributed by atoms with Gasteiger partial charge in [-0.1, -0.05) is 24.3 Å². The van der Waals surface area contributed by atoms with E-state index in [1.54, 1.807) is 17.9 Å². The van der Waals surface area contributed by atoms with Gasteiger partial charge >= 0.3 is 0 Å². The maximum Gasteiger partial charge on any atom is 0.251 e. The lowest BCUT2D eigenvalue weighted by Crippen LogP contribution is -2.55. The fourth-order valence-electron chi connectivity index (χ4n) is 3.88. The first-order valence-electron chi connectivity index (χ1n) is 11.9. The van der Waals surface area contributed by atoms with Crippen LogP contribution in [0.2, 0.25) is 0 Å². The van der Waals surface area contributed by atoms with Crippen molar-refractivity contribution in [2.75, 3.05) is 45.9 Å². The van der Waals surface area contributed by atoms with Gasteiger partial charge in [-0.05, 0) is 43.7 Å². The Morgan fingerprint density at radius 3 is 2.60 bits per heavy atom. The van der Waals surface area contributed by atoms with Crippen LogP contribution in [0.15, 0.2) is 60.5 Å². The fraction of sp³-hybridized carbons (Fsp3) is 0.462. The average Bonchev–Trinajstić information content (AvgIpc) is 3.66. The van der Waals surface area contributed by atoms with Crippen LogP contribution in [0.5, 0.6) is 0 Å². The van der Waals surface area contributed by atoms with Crippen LogP contribution >= 0.6 is 0 Å². The number of rotatable bonds is 12. The van der Waals surface area contributed by atoms with Crippen LogP contribution < -0.4 is 16.0 Å². The van der Waals surface area contributed by atoms with Crippen molar-refractivity contribution in [2.45, 2.75) is 25.4 Å². The van der Waals surface area contributed by atoms with Crippen LogP contribution in [-0.2, 0) is 9.53 Å². The molecule has 0 spiro atoms. The van der Waals surface area contributed by atoms with E-state index >= 15 is 0 Å². The molecule has 1 aromatic carbocycles. The van der Waals surface area contributed by atoms with Crippen molar-refractivity contribution in [3.05, 3.63) is 71.9 Å². The molecule has 0 aromatic heterocycles. The van der Waals surface area contributed by atoms with Gasteiger partial charge in [-0.2, -0.15) is 0 Å². The van der Waals surface area contributed by atoms with Crippen molar-refractivity contribution in [3.8, 4) is 0 Å². The molecule has 1 aromatic rings. The Kier molecular flexibility index (Phi) is 10.1. The van der Waals surface area contributed by atoms with Gasteiger partial charge < -0.3 is 25.6 Å². The van der Waals surface area contributed by atoms with Crippen LogP contribution in [0.3, 0.4) is 0 Å². The maximum atomic E-state index is 13.2. The summed E-state index contributed by atoms with van der Waals surface area (Å²) in [6, 6.07) is 4.74. The van der Waals surface area contributed by atoms with Crippen LogP contribution in [0.4, 0.5) is 8.78 Å². The van der Waals surface area contributed by atoms with Crippen LogP contribution in [-0.4, -0.2) is 74.7 Å². The molecular weight excluding hydrogens is 454 g/mol. The molecule has 3 N–H and O–H groups in total. The third-order valence-corrected chi connectivity index (χ3v) is 6.09. The Morgan fingerprint density at radius 1 is 1.20 bits per heavy atom. The minimum atomic E-state index is -0.759. The molecule has 1 saturated heterocycles. The highest BCUT2D eigenvalue weighted by molar-refractivity contribution is 5.97. The van der Waals surface area contributed by atoms with Gasteiger partial charge in [0.2, 0.25) is 5.91 Å². The number of hydrogen-bond acceptors (Lipinski definition) is 5. The van der Waals surface area contributed by atoms with Crippen molar-refractivity contribution in [3.63, 3.8) is 0 Å².